The summed E-state index contributed by atoms with van der Waals surface area (Å²) in [6.45, 7) is 3.51. The van der Waals surface area contributed by atoms with Crippen molar-refractivity contribution in [3.8, 4) is 0 Å². The smallest absolute Gasteiger partial charge is 0.183 e. The van der Waals surface area contributed by atoms with Crippen LogP contribution in [0.25, 0.3) is 0 Å². The first-order valence-electron chi connectivity index (χ1n) is 5.18. The fraction of sp³-hybridized carbons (Fsp3) is 0.364. The lowest BCUT2D eigenvalue weighted by atomic mass is 10.1. The van der Waals surface area contributed by atoms with Crippen LogP contribution in [0, 0.1) is 0 Å². The fourth-order valence-corrected chi connectivity index (χ4v) is 1.62. The molecule has 1 aromatic heterocycles. The number of hydrogen-bond acceptors (Lipinski definition) is 3. The molecule has 0 spiro atoms. The van der Waals surface area contributed by atoms with E-state index in [2.05, 4.69) is 15.5 Å². The molecule has 16 heavy (non-hydrogen) atoms. The quantitative estimate of drug-likeness (QED) is 0.787. The molecule has 2 atom stereocenters. The predicted octanol–water partition coefficient (Wildman–Crippen LogP) is 1.77. The second kappa shape index (κ2) is 4.40. The van der Waals surface area contributed by atoms with Gasteiger partial charge in [-0.2, -0.15) is 0 Å². The van der Waals surface area contributed by atoms with Gasteiger partial charge in [-0.25, -0.2) is 9.79 Å². The van der Waals surface area contributed by atoms with E-state index >= 15 is 0 Å². The van der Waals surface area contributed by atoms with Crippen molar-refractivity contribution in [2.24, 2.45) is 0 Å². The zero-order valence-electron chi connectivity index (χ0n) is 9.24. The van der Waals surface area contributed by atoms with Crippen molar-refractivity contribution in [1.29, 1.82) is 0 Å². The van der Waals surface area contributed by atoms with E-state index in [0.29, 0.717) is 5.82 Å². The molecule has 0 aliphatic carbocycles. The van der Waals surface area contributed by atoms with Gasteiger partial charge in [0.15, 0.2) is 11.9 Å². The van der Waals surface area contributed by atoms with E-state index < -0.39 is 6.10 Å². The van der Waals surface area contributed by atoms with E-state index in [0.717, 1.165) is 5.56 Å². The number of aromatic nitrogens is 4. The fourth-order valence-electron chi connectivity index (χ4n) is 1.62. The summed E-state index contributed by atoms with van der Waals surface area (Å²) in [5.41, 5.74) is 1.08. The molecule has 0 saturated carbocycles. The predicted molar refractivity (Wildman–Crippen MR) is 57.2 cm³/mol. The Bertz CT molecular complexity index is 452. The highest BCUT2D eigenvalue weighted by Crippen LogP contribution is 2.19. The standard InChI is InChI=1S/C11H13N4O/c1-8(10-6-4-3-5-7-10)15-11(9(2)16)12-13-14-15/h3-9H,1-2H3. The second-order valence-electron chi connectivity index (χ2n) is 3.71. The molecule has 0 amide bonds. The minimum absolute atomic E-state index is 0.0254. The number of hydrogen-bond donors (Lipinski definition) is 0. The Morgan fingerprint density at radius 3 is 2.50 bits per heavy atom. The topological polar surface area (TPSA) is 63.5 Å². The van der Waals surface area contributed by atoms with Crippen LogP contribution >= 0.6 is 0 Å². The second-order valence-corrected chi connectivity index (χ2v) is 3.71. The molecule has 1 aromatic carbocycles. The van der Waals surface area contributed by atoms with Crippen LogP contribution in [0.5, 0.6) is 0 Å². The van der Waals surface area contributed by atoms with Crippen LogP contribution < -0.4 is 0 Å². The summed E-state index contributed by atoms with van der Waals surface area (Å²) >= 11 is 0. The Balaban J connectivity index is 2.34. The maximum absolute atomic E-state index is 11.4. The zero-order chi connectivity index (χ0) is 11.5. The van der Waals surface area contributed by atoms with Crippen LogP contribution in [0.4, 0.5) is 0 Å². The van der Waals surface area contributed by atoms with E-state index in [-0.39, 0.29) is 6.04 Å². The van der Waals surface area contributed by atoms with E-state index in [4.69, 9.17) is 0 Å². The van der Waals surface area contributed by atoms with Crippen molar-refractivity contribution in [3.63, 3.8) is 0 Å². The largest absolute Gasteiger partial charge is 0.225 e. The Kier molecular flexibility index (Phi) is 2.96. The number of tetrazole rings is 1. The average molecular weight is 217 g/mol. The van der Waals surface area contributed by atoms with Gasteiger partial charge < -0.3 is 0 Å². The van der Waals surface area contributed by atoms with E-state index in [9.17, 15) is 5.11 Å². The molecule has 0 aliphatic rings. The van der Waals surface area contributed by atoms with E-state index in [1.54, 1.807) is 11.6 Å². The van der Waals surface area contributed by atoms with Gasteiger partial charge in [-0.15, -0.1) is 5.10 Å². The molecule has 1 heterocycles. The highest BCUT2D eigenvalue weighted by molar-refractivity contribution is 5.19. The molecule has 5 heteroatoms. The van der Waals surface area contributed by atoms with Gasteiger partial charge in [0.25, 0.3) is 0 Å². The zero-order valence-corrected chi connectivity index (χ0v) is 9.24. The molecular weight excluding hydrogens is 204 g/mol. The third-order valence-electron chi connectivity index (χ3n) is 2.53. The summed E-state index contributed by atoms with van der Waals surface area (Å²) in [4.78, 5) is 0. The van der Waals surface area contributed by atoms with Crippen LogP contribution in [0.1, 0.15) is 37.4 Å². The van der Waals surface area contributed by atoms with Gasteiger partial charge in [0.05, 0.1) is 6.04 Å². The van der Waals surface area contributed by atoms with Gasteiger partial charge in [0.1, 0.15) is 0 Å². The lowest BCUT2D eigenvalue weighted by molar-refractivity contribution is 0.0927. The minimum Gasteiger partial charge on any atom is -0.225 e. The SMILES string of the molecule is CC([O])c1nnnn1C(C)c1ccccc1. The number of benzene rings is 1. The summed E-state index contributed by atoms with van der Waals surface area (Å²) in [5, 5.41) is 22.6. The lowest BCUT2D eigenvalue weighted by Crippen LogP contribution is -2.13. The molecule has 83 valence electrons. The van der Waals surface area contributed by atoms with E-state index in [1.165, 1.54) is 0 Å². The summed E-state index contributed by atoms with van der Waals surface area (Å²) in [6.07, 6.45) is -0.916. The summed E-state index contributed by atoms with van der Waals surface area (Å²) in [5.74, 6) is 0.372. The minimum atomic E-state index is -0.916. The van der Waals surface area contributed by atoms with Crippen molar-refractivity contribution in [3.05, 3.63) is 41.7 Å². The van der Waals surface area contributed by atoms with Crippen LogP contribution in [-0.4, -0.2) is 20.2 Å². The molecule has 0 bridgehead atoms. The highest BCUT2D eigenvalue weighted by atomic mass is 16.3. The molecule has 5 nitrogen and oxygen atoms in total. The molecular formula is C11H13N4O. The molecule has 2 unspecified atom stereocenters. The third-order valence-corrected chi connectivity index (χ3v) is 2.53. The first kappa shape index (κ1) is 10.8. The first-order chi connectivity index (χ1) is 7.70. The van der Waals surface area contributed by atoms with Crippen LogP contribution in [0.2, 0.25) is 0 Å². The Morgan fingerprint density at radius 2 is 1.88 bits per heavy atom. The first-order valence-corrected chi connectivity index (χ1v) is 5.18. The van der Waals surface area contributed by atoms with E-state index in [1.807, 2.05) is 37.3 Å². The van der Waals surface area contributed by atoms with Crippen LogP contribution in [0.15, 0.2) is 30.3 Å². The van der Waals surface area contributed by atoms with Gasteiger partial charge in [-0.05, 0) is 29.8 Å². The molecule has 0 saturated heterocycles. The average Bonchev–Trinajstić information content (AvgIpc) is 2.78. The van der Waals surface area contributed by atoms with Crippen molar-refractivity contribution in [1.82, 2.24) is 20.2 Å². The van der Waals surface area contributed by atoms with Crippen molar-refractivity contribution in [2.75, 3.05) is 0 Å². The van der Waals surface area contributed by atoms with Gasteiger partial charge in [-0.3, -0.25) is 0 Å². The monoisotopic (exact) mass is 217 g/mol. The Morgan fingerprint density at radius 1 is 1.19 bits per heavy atom. The molecule has 0 aliphatic heterocycles. The maximum atomic E-state index is 11.4. The summed E-state index contributed by atoms with van der Waals surface area (Å²) < 4.78 is 1.58. The van der Waals surface area contributed by atoms with Gasteiger partial charge >= 0.3 is 0 Å². The summed E-state index contributed by atoms with van der Waals surface area (Å²) in [6, 6.07) is 9.82. The third kappa shape index (κ3) is 1.94. The van der Waals surface area contributed by atoms with Crippen molar-refractivity contribution < 1.29 is 5.11 Å². The summed E-state index contributed by atoms with van der Waals surface area (Å²) in [7, 11) is 0. The van der Waals surface area contributed by atoms with Crippen LogP contribution in [-0.2, 0) is 5.11 Å². The number of nitrogens with zero attached hydrogens (tertiary/aromatic N) is 4. The van der Waals surface area contributed by atoms with Gasteiger partial charge in [0.2, 0.25) is 0 Å². The Hall–Kier alpha value is -1.75. The number of rotatable bonds is 3. The molecule has 2 rings (SSSR count). The normalized spacial score (nSPS) is 14.7. The van der Waals surface area contributed by atoms with Crippen LogP contribution in [0.3, 0.4) is 0 Å². The molecule has 0 fully saturated rings. The molecule has 2 aromatic rings. The maximum Gasteiger partial charge on any atom is 0.183 e. The van der Waals surface area contributed by atoms with Gasteiger partial charge in [0, 0.05) is 0 Å². The molecule has 0 N–H and O–H groups in total. The Labute approximate surface area is 93.7 Å². The van der Waals surface area contributed by atoms with Gasteiger partial charge in [-0.1, -0.05) is 30.3 Å². The van der Waals surface area contributed by atoms with Crippen molar-refractivity contribution >= 4 is 0 Å². The lowest BCUT2D eigenvalue weighted by Gasteiger charge is -2.13. The molecule has 1 radical (unpaired) electrons. The van der Waals surface area contributed by atoms with Crippen molar-refractivity contribution in [2.45, 2.75) is 26.0 Å². The highest BCUT2D eigenvalue weighted by Gasteiger charge is 2.18.